The van der Waals surface area contributed by atoms with E-state index in [2.05, 4.69) is 5.32 Å². The van der Waals surface area contributed by atoms with Gasteiger partial charge in [0.2, 0.25) is 11.8 Å². The van der Waals surface area contributed by atoms with Crippen molar-refractivity contribution >= 4 is 40.6 Å². The number of hydrogen-bond donors (Lipinski definition) is 1. The molecule has 22 heavy (non-hydrogen) atoms. The molecule has 3 rings (SSSR count). The molecule has 5 heteroatoms. The fourth-order valence-corrected chi connectivity index (χ4v) is 3.05. The molecule has 1 saturated heterocycles. The summed E-state index contributed by atoms with van der Waals surface area (Å²) >= 11 is 1.58. The summed E-state index contributed by atoms with van der Waals surface area (Å²) in [5.74, 6) is -0.0941. The minimum Gasteiger partial charge on any atom is -0.321 e. The molecule has 4 nitrogen and oxygen atoms in total. The monoisotopic (exact) mass is 312 g/mol. The van der Waals surface area contributed by atoms with Gasteiger partial charge in [-0.2, -0.15) is 0 Å². The van der Waals surface area contributed by atoms with Crippen LogP contribution >= 0.6 is 11.3 Å². The lowest BCUT2D eigenvalue weighted by Crippen LogP contribution is -2.25. The summed E-state index contributed by atoms with van der Waals surface area (Å²) in [6, 6.07) is 11.3. The van der Waals surface area contributed by atoms with E-state index in [1.807, 2.05) is 41.8 Å². The second kappa shape index (κ2) is 6.58. The van der Waals surface area contributed by atoms with Crippen molar-refractivity contribution in [3.63, 3.8) is 0 Å². The highest BCUT2D eigenvalue weighted by atomic mass is 32.1. The van der Waals surface area contributed by atoms with Crippen molar-refractivity contribution in [1.82, 2.24) is 0 Å². The van der Waals surface area contributed by atoms with Crippen molar-refractivity contribution in [3.8, 4) is 0 Å². The van der Waals surface area contributed by atoms with Crippen LogP contribution in [0, 0.1) is 0 Å². The molecule has 0 spiro atoms. The standard InChI is InChI=1S/C17H16N2O2S/c20-16(10-9-13-5-4-12-22-13)18-14-6-1-2-7-15(14)19-11-3-8-17(19)21/h1-2,4-7,9-10,12H,3,8,11H2,(H,18,20). The van der Waals surface area contributed by atoms with Crippen LogP contribution < -0.4 is 10.2 Å². The Balaban J connectivity index is 1.75. The van der Waals surface area contributed by atoms with Crippen molar-refractivity contribution in [2.75, 3.05) is 16.8 Å². The minimum atomic E-state index is -0.201. The maximum atomic E-state index is 12.1. The molecule has 0 aliphatic carbocycles. The quantitative estimate of drug-likeness (QED) is 0.878. The summed E-state index contributed by atoms with van der Waals surface area (Å²) < 4.78 is 0. The molecule has 1 N–H and O–H groups in total. The summed E-state index contributed by atoms with van der Waals surface area (Å²) in [6.07, 6.45) is 4.72. The number of carbonyl (C=O) groups is 2. The number of nitrogens with one attached hydrogen (secondary N) is 1. The zero-order valence-electron chi connectivity index (χ0n) is 12.0. The third-order valence-corrected chi connectivity index (χ3v) is 4.31. The molecule has 0 bridgehead atoms. The highest BCUT2D eigenvalue weighted by Gasteiger charge is 2.23. The summed E-state index contributed by atoms with van der Waals surface area (Å²) in [6.45, 7) is 0.705. The molecule has 1 aromatic heterocycles. The van der Waals surface area contributed by atoms with Gasteiger partial charge in [0.25, 0.3) is 0 Å². The van der Waals surface area contributed by atoms with Crippen LogP contribution in [0.2, 0.25) is 0 Å². The topological polar surface area (TPSA) is 49.4 Å². The molecule has 1 aromatic carbocycles. The molecule has 1 fully saturated rings. The third-order valence-electron chi connectivity index (χ3n) is 3.47. The molecule has 1 aliphatic rings. The first kappa shape index (κ1) is 14.5. The first-order valence-electron chi connectivity index (χ1n) is 7.16. The van der Waals surface area contributed by atoms with Crippen LogP contribution in [0.15, 0.2) is 47.9 Å². The van der Waals surface area contributed by atoms with Crippen molar-refractivity contribution in [3.05, 3.63) is 52.7 Å². The zero-order valence-corrected chi connectivity index (χ0v) is 12.8. The van der Waals surface area contributed by atoms with Crippen LogP contribution in [0.1, 0.15) is 17.7 Å². The van der Waals surface area contributed by atoms with Gasteiger partial charge < -0.3 is 10.2 Å². The number of rotatable bonds is 4. The molecule has 112 valence electrons. The van der Waals surface area contributed by atoms with Gasteiger partial charge in [-0.15, -0.1) is 11.3 Å². The Morgan fingerprint density at radius 3 is 2.82 bits per heavy atom. The summed E-state index contributed by atoms with van der Waals surface area (Å²) in [5, 5.41) is 4.82. The van der Waals surface area contributed by atoms with Gasteiger partial charge >= 0.3 is 0 Å². The maximum absolute atomic E-state index is 12.1. The lowest BCUT2D eigenvalue weighted by atomic mass is 10.2. The van der Waals surface area contributed by atoms with E-state index in [9.17, 15) is 9.59 Å². The van der Waals surface area contributed by atoms with Crippen molar-refractivity contribution < 1.29 is 9.59 Å². The van der Waals surface area contributed by atoms with E-state index in [1.54, 1.807) is 22.3 Å². The van der Waals surface area contributed by atoms with Gasteiger partial charge in [0.15, 0.2) is 0 Å². The summed E-state index contributed by atoms with van der Waals surface area (Å²) in [4.78, 5) is 26.7. The number of benzene rings is 1. The van der Waals surface area contributed by atoms with Crippen molar-refractivity contribution in [2.45, 2.75) is 12.8 Å². The van der Waals surface area contributed by atoms with Crippen LogP contribution in [0.5, 0.6) is 0 Å². The highest BCUT2D eigenvalue weighted by molar-refractivity contribution is 7.10. The Kier molecular flexibility index (Phi) is 4.34. The second-order valence-electron chi connectivity index (χ2n) is 5.00. The summed E-state index contributed by atoms with van der Waals surface area (Å²) in [5.41, 5.74) is 1.43. The second-order valence-corrected chi connectivity index (χ2v) is 5.98. The summed E-state index contributed by atoms with van der Waals surface area (Å²) in [7, 11) is 0. The van der Waals surface area contributed by atoms with Gasteiger partial charge in [0, 0.05) is 23.9 Å². The average Bonchev–Trinajstić information content (AvgIpc) is 3.17. The van der Waals surface area contributed by atoms with Crippen LogP contribution in [0.4, 0.5) is 11.4 Å². The molecular formula is C17H16N2O2S. The Morgan fingerprint density at radius 2 is 2.09 bits per heavy atom. The van der Waals surface area contributed by atoms with Gasteiger partial charge in [0.05, 0.1) is 11.4 Å². The number of anilines is 2. The smallest absolute Gasteiger partial charge is 0.248 e. The van der Waals surface area contributed by atoms with Crippen LogP contribution in [0.25, 0.3) is 6.08 Å². The third kappa shape index (κ3) is 3.26. The average molecular weight is 312 g/mol. The molecule has 1 aliphatic heterocycles. The number of hydrogen-bond acceptors (Lipinski definition) is 3. The first-order chi connectivity index (χ1) is 10.7. The van der Waals surface area contributed by atoms with E-state index in [0.717, 1.165) is 17.0 Å². The number of carbonyl (C=O) groups excluding carboxylic acids is 2. The molecule has 2 amide bonds. The Morgan fingerprint density at radius 1 is 1.23 bits per heavy atom. The van der Waals surface area contributed by atoms with E-state index in [1.165, 1.54) is 6.08 Å². The largest absolute Gasteiger partial charge is 0.321 e. The predicted octanol–water partition coefficient (Wildman–Crippen LogP) is 3.53. The molecular weight excluding hydrogens is 296 g/mol. The van der Waals surface area contributed by atoms with Crippen LogP contribution in [-0.4, -0.2) is 18.4 Å². The van der Waals surface area contributed by atoms with Gasteiger partial charge in [0.1, 0.15) is 0 Å². The Hall–Kier alpha value is -2.40. The van der Waals surface area contributed by atoms with Gasteiger partial charge in [-0.25, -0.2) is 0 Å². The van der Waals surface area contributed by atoms with E-state index < -0.39 is 0 Å². The van der Waals surface area contributed by atoms with Gasteiger partial charge in [-0.05, 0) is 36.1 Å². The minimum absolute atomic E-state index is 0.107. The fourth-order valence-electron chi connectivity index (χ4n) is 2.44. The van der Waals surface area contributed by atoms with E-state index in [4.69, 9.17) is 0 Å². The molecule has 0 saturated carbocycles. The molecule has 0 radical (unpaired) electrons. The van der Waals surface area contributed by atoms with Crippen LogP contribution in [0.3, 0.4) is 0 Å². The number of thiophene rings is 1. The highest BCUT2D eigenvalue weighted by Crippen LogP contribution is 2.29. The van der Waals surface area contributed by atoms with Gasteiger partial charge in [-0.1, -0.05) is 18.2 Å². The molecule has 2 heterocycles. The molecule has 0 atom stereocenters. The lowest BCUT2D eigenvalue weighted by molar-refractivity contribution is -0.117. The fraction of sp³-hybridized carbons (Fsp3) is 0.176. The van der Waals surface area contributed by atoms with Gasteiger partial charge in [-0.3, -0.25) is 9.59 Å². The van der Waals surface area contributed by atoms with Crippen molar-refractivity contribution in [1.29, 1.82) is 0 Å². The number of amides is 2. The van der Waals surface area contributed by atoms with Crippen molar-refractivity contribution in [2.24, 2.45) is 0 Å². The van der Waals surface area contributed by atoms with E-state index >= 15 is 0 Å². The Labute approximate surface area is 133 Å². The Bertz CT molecular complexity index is 707. The van der Waals surface area contributed by atoms with E-state index in [-0.39, 0.29) is 11.8 Å². The molecule has 2 aromatic rings. The number of para-hydroxylation sites is 2. The zero-order chi connectivity index (χ0) is 15.4. The molecule has 0 unspecified atom stereocenters. The number of nitrogens with zero attached hydrogens (tertiary/aromatic N) is 1. The van der Waals surface area contributed by atoms with Crippen LogP contribution in [-0.2, 0) is 9.59 Å². The lowest BCUT2D eigenvalue weighted by Gasteiger charge is -2.19. The van der Waals surface area contributed by atoms with E-state index in [0.29, 0.717) is 18.7 Å². The normalized spacial score (nSPS) is 14.7. The first-order valence-corrected chi connectivity index (χ1v) is 8.04. The maximum Gasteiger partial charge on any atom is 0.248 e. The SMILES string of the molecule is O=C(C=Cc1cccs1)Nc1ccccc1N1CCCC1=O. The predicted molar refractivity (Wildman–Crippen MR) is 90.0 cm³/mol.